The predicted molar refractivity (Wildman–Crippen MR) is 149 cm³/mol. The third-order valence-electron chi connectivity index (χ3n) is 6.69. The number of rotatable bonds is 10. The summed E-state index contributed by atoms with van der Waals surface area (Å²) in [6.45, 7) is 0.737. The Labute approximate surface area is 230 Å². The number of hydrogen-bond donors (Lipinski definition) is 3. The zero-order chi connectivity index (χ0) is 27.7. The van der Waals surface area contributed by atoms with Crippen molar-refractivity contribution in [2.75, 3.05) is 33.0 Å². The zero-order valence-electron chi connectivity index (χ0n) is 22.4. The van der Waals surface area contributed by atoms with Gasteiger partial charge >= 0.3 is 5.97 Å². The maximum Gasteiger partial charge on any atom is 0.309 e. The van der Waals surface area contributed by atoms with Crippen LogP contribution in [0.25, 0.3) is 0 Å². The minimum absolute atomic E-state index is 0.0107. The fourth-order valence-electron chi connectivity index (χ4n) is 4.55. The molecule has 0 aliphatic carbocycles. The van der Waals surface area contributed by atoms with Gasteiger partial charge in [0.25, 0.3) is 0 Å². The van der Waals surface area contributed by atoms with E-state index in [0.29, 0.717) is 25.8 Å². The van der Waals surface area contributed by atoms with Crippen LogP contribution in [0.2, 0.25) is 0 Å². The molecular formula is C31H40N2O6. The summed E-state index contributed by atoms with van der Waals surface area (Å²) in [4.78, 5) is 39.1. The van der Waals surface area contributed by atoms with E-state index in [4.69, 9.17) is 14.6 Å². The lowest BCUT2D eigenvalue weighted by molar-refractivity contribution is -0.150. The molecule has 210 valence electrons. The molecule has 0 unspecified atom stereocenters. The Balaban J connectivity index is 1.72. The van der Waals surface area contributed by atoms with E-state index in [1.807, 2.05) is 72.8 Å². The second-order valence-corrected chi connectivity index (χ2v) is 9.71. The predicted octanol–water partition coefficient (Wildman–Crippen LogP) is 3.51. The third-order valence-corrected chi connectivity index (χ3v) is 6.69. The molecule has 0 saturated heterocycles. The number of carbonyl (C=O) groups is 3. The molecule has 1 aliphatic heterocycles. The van der Waals surface area contributed by atoms with Crippen molar-refractivity contribution in [3.8, 4) is 0 Å². The minimum atomic E-state index is -0.574. The molecule has 2 amide bonds. The van der Waals surface area contributed by atoms with E-state index in [0.717, 1.165) is 24.0 Å². The van der Waals surface area contributed by atoms with Crippen LogP contribution in [-0.2, 0) is 30.3 Å². The number of hydrogen-bond acceptors (Lipinski definition) is 6. The maximum absolute atomic E-state index is 13.4. The van der Waals surface area contributed by atoms with E-state index in [9.17, 15) is 14.4 Å². The molecule has 39 heavy (non-hydrogen) atoms. The number of nitrogens with one attached hydrogen (secondary N) is 2. The third kappa shape index (κ3) is 11.0. The van der Waals surface area contributed by atoms with Gasteiger partial charge in [-0.3, -0.25) is 14.4 Å². The van der Waals surface area contributed by atoms with Crippen LogP contribution in [0.15, 0.2) is 72.8 Å². The summed E-state index contributed by atoms with van der Waals surface area (Å²) in [5.41, 5.74) is 1.91. The van der Waals surface area contributed by atoms with E-state index in [2.05, 4.69) is 10.6 Å². The van der Waals surface area contributed by atoms with Gasteiger partial charge in [0, 0.05) is 13.0 Å². The first-order chi connectivity index (χ1) is 19.1. The molecule has 0 saturated carbocycles. The van der Waals surface area contributed by atoms with Gasteiger partial charge in [0.15, 0.2) is 0 Å². The molecule has 2 aromatic rings. The van der Waals surface area contributed by atoms with Gasteiger partial charge in [-0.05, 0) is 43.2 Å². The van der Waals surface area contributed by atoms with Gasteiger partial charge in [0.05, 0.1) is 37.7 Å². The molecule has 3 atom stereocenters. The molecule has 1 aliphatic rings. The Morgan fingerprint density at radius 3 is 2.49 bits per heavy atom. The number of aliphatic hydroxyl groups is 1. The molecule has 8 nitrogen and oxygen atoms in total. The summed E-state index contributed by atoms with van der Waals surface area (Å²) in [5.74, 6) is -1.63. The van der Waals surface area contributed by atoms with Crippen LogP contribution in [-0.4, -0.2) is 55.9 Å². The van der Waals surface area contributed by atoms with Crippen LogP contribution in [0.3, 0.4) is 0 Å². The van der Waals surface area contributed by atoms with Crippen molar-refractivity contribution in [2.45, 2.75) is 44.6 Å². The fourth-order valence-corrected chi connectivity index (χ4v) is 4.55. The zero-order valence-corrected chi connectivity index (χ0v) is 22.4. The number of allylic oxidation sites excluding steroid dienone is 2. The summed E-state index contributed by atoms with van der Waals surface area (Å²) < 4.78 is 11.0. The maximum atomic E-state index is 13.4. The standard InChI is InChI=1S/C31H40N2O6/c34-18-20-38-19-17-32-29(35)22-26-15-7-1-2-8-16-27(21-24-11-5-3-6-12-24)31(37)39-23-28(33-30(26)36)25-13-9-4-10-14-25/h1,3-7,9-14,26-28,34H,2,8,15-23H2,(H,32,35)(H,33,36)/t26-,27-,28+/m1/s1. The monoisotopic (exact) mass is 536 g/mol. The van der Waals surface area contributed by atoms with Crippen LogP contribution in [0.4, 0.5) is 0 Å². The van der Waals surface area contributed by atoms with Crippen LogP contribution in [0.1, 0.15) is 49.3 Å². The van der Waals surface area contributed by atoms with E-state index in [1.54, 1.807) is 0 Å². The van der Waals surface area contributed by atoms with Gasteiger partial charge in [0.1, 0.15) is 6.61 Å². The highest BCUT2D eigenvalue weighted by molar-refractivity contribution is 5.86. The molecule has 0 bridgehead atoms. The number of benzene rings is 2. The molecule has 0 fully saturated rings. The lowest BCUT2D eigenvalue weighted by Crippen LogP contribution is -2.39. The van der Waals surface area contributed by atoms with E-state index in [1.165, 1.54) is 0 Å². The van der Waals surface area contributed by atoms with Crippen molar-refractivity contribution in [1.29, 1.82) is 0 Å². The summed E-state index contributed by atoms with van der Waals surface area (Å²) in [6, 6.07) is 18.8. The van der Waals surface area contributed by atoms with Crippen molar-refractivity contribution in [3.63, 3.8) is 0 Å². The molecule has 2 aromatic carbocycles. The van der Waals surface area contributed by atoms with Gasteiger partial charge in [-0.25, -0.2) is 0 Å². The highest BCUT2D eigenvalue weighted by Crippen LogP contribution is 2.22. The second-order valence-electron chi connectivity index (χ2n) is 9.71. The lowest BCUT2D eigenvalue weighted by Gasteiger charge is -2.24. The van der Waals surface area contributed by atoms with Crippen LogP contribution in [0.5, 0.6) is 0 Å². The second kappa shape index (κ2) is 17.2. The topological polar surface area (TPSA) is 114 Å². The molecule has 0 spiro atoms. The van der Waals surface area contributed by atoms with Crippen LogP contribution >= 0.6 is 0 Å². The molecule has 3 N–H and O–H groups in total. The summed E-state index contributed by atoms with van der Waals surface area (Å²) in [6.07, 6.45) is 7.32. The van der Waals surface area contributed by atoms with E-state index in [-0.39, 0.29) is 56.5 Å². The van der Waals surface area contributed by atoms with Crippen LogP contribution < -0.4 is 10.6 Å². The number of esters is 1. The summed E-state index contributed by atoms with van der Waals surface area (Å²) >= 11 is 0. The first kappa shape index (κ1) is 30.1. The normalized spacial score (nSPS) is 20.9. The molecule has 8 heteroatoms. The highest BCUT2D eigenvalue weighted by atomic mass is 16.5. The van der Waals surface area contributed by atoms with Gasteiger partial charge in [-0.1, -0.05) is 72.8 Å². The SMILES string of the molecule is O=C(C[C@H]1CC=CCCC[C@H](Cc2ccccc2)C(=O)OC[C@@H](c2ccccc2)NC1=O)NCCOCCO. The molecule has 3 rings (SSSR count). The number of amides is 2. The van der Waals surface area contributed by atoms with Crippen molar-refractivity contribution < 1.29 is 29.0 Å². The van der Waals surface area contributed by atoms with E-state index < -0.39 is 12.0 Å². The Bertz CT molecular complexity index is 1040. The molecular weight excluding hydrogens is 496 g/mol. The molecule has 0 aromatic heterocycles. The number of aliphatic hydroxyl groups excluding tert-OH is 1. The van der Waals surface area contributed by atoms with Gasteiger partial charge in [0.2, 0.25) is 11.8 Å². The Kier molecular flexibility index (Phi) is 13.2. The first-order valence-electron chi connectivity index (χ1n) is 13.7. The molecule has 1 heterocycles. The Morgan fingerprint density at radius 1 is 1.00 bits per heavy atom. The van der Waals surface area contributed by atoms with Gasteiger partial charge in [-0.15, -0.1) is 0 Å². The first-order valence-corrected chi connectivity index (χ1v) is 13.7. The van der Waals surface area contributed by atoms with Crippen molar-refractivity contribution >= 4 is 17.8 Å². The summed E-state index contributed by atoms with van der Waals surface area (Å²) in [5, 5.41) is 14.6. The van der Waals surface area contributed by atoms with Crippen molar-refractivity contribution in [3.05, 3.63) is 83.9 Å². The largest absolute Gasteiger partial charge is 0.463 e. The van der Waals surface area contributed by atoms with Crippen LogP contribution in [0, 0.1) is 11.8 Å². The minimum Gasteiger partial charge on any atom is -0.463 e. The fraction of sp³-hybridized carbons (Fsp3) is 0.452. The average Bonchev–Trinajstić information content (AvgIpc) is 2.95. The smallest absolute Gasteiger partial charge is 0.309 e. The Morgan fingerprint density at radius 2 is 1.74 bits per heavy atom. The van der Waals surface area contributed by atoms with Crippen molar-refractivity contribution in [2.24, 2.45) is 11.8 Å². The van der Waals surface area contributed by atoms with Crippen molar-refractivity contribution in [1.82, 2.24) is 10.6 Å². The number of carbonyl (C=O) groups excluding carboxylic acids is 3. The number of ether oxygens (including phenoxy) is 2. The Hall–Kier alpha value is -3.49. The van der Waals surface area contributed by atoms with Gasteiger partial charge in [-0.2, -0.15) is 0 Å². The molecule has 0 radical (unpaired) electrons. The van der Waals surface area contributed by atoms with E-state index >= 15 is 0 Å². The quantitative estimate of drug-likeness (QED) is 0.243. The highest BCUT2D eigenvalue weighted by Gasteiger charge is 2.27. The lowest BCUT2D eigenvalue weighted by atomic mass is 9.93. The number of cyclic esters (lactones) is 1. The summed E-state index contributed by atoms with van der Waals surface area (Å²) in [7, 11) is 0. The average molecular weight is 537 g/mol. The van der Waals surface area contributed by atoms with Gasteiger partial charge < -0.3 is 25.2 Å².